The third-order valence-corrected chi connectivity index (χ3v) is 9.92. The highest BCUT2D eigenvalue weighted by atomic mass is 31.2. The van der Waals surface area contributed by atoms with Gasteiger partial charge in [-0.1, -0.05) is 167 Å². The van der Waals surface area contributed by atoms with E-state index >= 15 is 0 Å². The summed E-state index contributed by atoms with van der Waals surface area (Å²) in [4.78, 5) is 22.4. The molecule has 292 valence electrons. The van der Waals surface area contributed by atoms with Crippen LogP contribution in [-0.2, 0) is 27.9 Å². The summed E-state index contributed by atoms with van der Waals surface area (Å²) in [6.07, 6.45) is 39.4. The maximum absolute atomic E-state index is 12.5. The summed E-state index contributed by atoms with van der Waals surface area (Å²) in [5.74, 6) is -0.337. The van der Waals surface area contributed by atoms with Crippen LogP contribution in [0, 0.1) is 0 Å². The zero-order chi connectivity index (χ0) is 35.9. The molecule has 2 atom stereocenters. The molecule has 0 aliphatic rings. The van der Waals surface area contributed by atoms with Gasteiger partial charge in [-0.3, -0.25) is 13.8 Å². The van der Waals surface area contributed by atoms with E-state index < -0.39 is 13.9 Å². The second-order valence-electron chi connectivity index (χ2n) is 13.9. The zero-order valence-electron chi connectivity index (χ0n) is 32.2. The largest absolute Gasteiger partial charge is 0.472 e. The summed E-state index contributed by atoms with van der Waals surface area (Å²) in [5.41, 5.74) is 5.36. The van der Waals surface area contributed by atoms with E-state index in [1.54, 1.807) is 0 Å². The predicted molar refractivity (Wildman–Crippen MR) is 206 cm³/mol. The zero-order valence-corrected chi connectivity index (χ0v) is 33.1. The first-order valence-electron chi connectivity index (χ1n) is 20.7. The Morgan fingerprint density at radius 3 is 1.53 bits per heavy atom. The molecule has 0 aromatic carbocycles. The van der Waals surface area contributed by atoms with Crippen LogP contribution in [0.3, 0.4) is 0 Å². The Bertz CT molecular complexity index is 767. The number of ether oxygens (including phenoxy) is 2. The third-order valence-electron chi connectivity index (χ3n) is 8.93. The molecule has 0 amide bonds. The van der Waals surface area contributed by atoms with Crippen LogP contribution in [0.5, 0.6) is 0 Å². The average molecular weight is 718 g/mol. The van der Waals surface area contributed by atoms with E-state index in [0.29, 0.717) is 13.0 Å². The van der Waals surface area contributed by atoms with Crippen molar-refractivity contribution >= 4 is 13.8 Å². The first-order valence-corrected chi connectivity index (χ1v) is 22.2. The van der Waals surface area contributed by atoms with Crippen LogP contribution in [0.25, 0.3) is 0 Å². The molecule has 0 radical (unpaired) electrons. The lowest BCUT2D eigenvalue weighted by Crippen LogP contribution is -2.28. The number of unbranched alkanes of at least 4 members (excludes halogenated alkanes) is 25. The topological polar surface area (TPSA) is 117 Å². The van der Waals surface area contributed by atoms with Gasteiger partial charge in [0.15, 0.2) is 0 Å². The quantitative estimate of drug-likeness (QED) is 0.0278. The molecule has 0 aromatic heterocycles. The lowest BCUT2D eigenvalue weighted by atomic mass is 10.0. The molecule has 0 saturated heterocycles. The molecule has 3 N–H and O–H groups in total. The molecule has 0 aromatic rings. The smallest absolute Gasteiger partial charge is 0.457 e. The Kier molecular flexibility index (Phi) is 37.9. The first kappa shape index (κ1) is 48.2. The Labute approximate surface area is 303 Å². The summed E-state index contributed by atoms with van der Waals surface area (Å²) >= 11 is 0. The number of carbonyl (C=O) groups is 1. The van der Waals surface area contributed by atoms with E-state index in [1.165, 1.54) is 135 Å². The number of carbonyl (C=O) groups excluding carboxylic acids is 1. The summed E-state index contributed by atoms with van der Waals surface area (Å²) < 4.78 is 33.3. The van der Waals surface area contributed by atoms with E-state index in [-0.39, 0.29) is 32.3 Å². The Balaban J connectivity index is 3.99. The van der Waals surface area contributed by atoms with E-state index in [1.807, 2.05) is 0 Å². The van der Waals surface area contributed by atoms with Crippen LogP contribution in [0.1, 0.15) is 200 Å². The van der Waals surface area contributed by atoms with Crippen molar-refractivity contribution in [2.24, 2.45) is 5.73 Å². The molecule has 0 fully saturated rings. The normalized spacial score (nSPS) is 13.6. The fourth-order valence-electron chi connectivity index (χ4n) is 5.87. The number of hydrogen-bond donors (Lipinski definition) is 2. The molecule has 0 heterocycles. The lowest BCUT2D eigenvalue weighted by molar-refractivity contribution is -0.154. The van der Waals surface area contributed by atoms with Crippen molar-refractivity contribution in [2.75, 3.05) is 33.0 Å². The number of phosphoric ester groups is 1. The van der Waals surface area contributed by atoms with Crippen LogP contribution in [0.15, 0.2) is 12.2 Å². The van der Waals surface area contributed by atoms with Crippen LogP contribution in [0.4, 0.5) is 0 Å². The molecular formula is C40H80NO7P. The minimum atomic E-state index is -4.27. The molecule has 9 heteroatoms. The molecule has 1 unspecified atom stereocenters. The summed E-state index contributed by atoms with van der Waals surface area (Å²) in [5, 5.41) is 0. The molecule has 49 heavy (non-hydrogen) atoms. The average Bonchev–Trinajstić information content (AvgIpc) is 3.09. The molecule has 0 aliphatic carbocycles. The number of rotatable bonds is 40. The highest BCUT2D eigenvalue weighted by Crippen LogP contribution is 2.43. The molecular weight excluding hydrogens is 637 g/mol. The van der Waals surface area contributed by atoms with Crippen molar-refractivity contribution in [3.63, 3.8) is 0 Å². The minimum absolute atomic E-state index is 0.0939. The van der Waals surface area contributed by atoms with E-state index in [2.05, 4.69) is 26.0 Å². The maximum atomic E-state index is 12.5. The summed E-state index contributed by atoms with van der Waals surface area (Å²) in [6, 6.07) is 0. The Morgan fingerprint density at radius 2 is 1.02 bits per heavy atom. The van der Waals surface area contributed by atoms with Gasteiger partial charge in [0.1, 0.15) is 6.10 Å². The summed E-state index contributed by atoms with van der Waals surface area (Å²) in [6.45, 7) is 4.92. The van der Waals surface area contributed by atoms with Crippen LogP contribution < -0.4 is 5.73 Å². The fraction of sp³-hybridized carbons (Fsp3) is 0.925. The van der Waals surface area contributed by atoms with Crippen molar-refractivity contribution in [1.82, 2.24) is 0 Å². The number of hydrogen-bond acceptors (Lipinski definition) is 7. The van der Waals surface area contributed by atoms with Crippen molar-refractivity contribution < 1.29 is 32.8 Å². The maximum Gasteiger partial charge on any atom is 0.472 e. The van der Waals surface area contributed by atoms with Crippen molar-refractivity contribution in [3.8, 4) is 0 Å². The van der Waals surface area contributed by atoms with Crippen molar-refractivity contribution in [1.29, 1.82) is 0 Å². The summed E-state index contributed by atoms with van der Waals surface area (Å²) in [7, 11) is -4.27. The van der Waals surface area contributed by atoms with E-state index in [4.69, 9.17) is 24.3 Å². The molecule has 0 bridgehead atoms. The third kappa shape index (κ3) is 38.3. The van der Waals surface area contributed by atoms with Crippen molar-refractivity contribution in [3.05, 3.63) is 12.2 Å². The van der Waals surface area contributed by atoms with Gasteiger partial charge in [-0.2, -0.15) is 0 Å². The van der Waals surface area contributed by atoms with E-state index in [9.17, 15) is 14.3 Å². The van der Waals surface area contributed by atoms with Gasteiger partial charge < -0.3 is 20.1 Å². The lowest BCUT2D eigenvalue weighted by Gasteiger charge is -2.20. The Hall–Kier alpha value is -0.760. The standard InChI is InChI=1S/C40H80NO7P/c1-3-5-7-9-11-13-15-17-18-19-20-21-22-24-26-28-30-32-35-45-37-39(38-47-49(43,44)46-36-34-41)48-40(42)33-31-29-27-25-23-16-14-12-10-8-6-4-2/h12,14,39H,3-11,13,15-38,41H2,1-2H3,(H,43,44)/b14-12-/t39-/m1/s1. The molecule has 8 nitrogen and oxygen atoms in total. The van der Waals surface area contributed by atoms with Crippen LogP contribution in [-0.4, -0.2) is 49.9 Å². The molecule has 0 spiro atoms. The van der Waals surface area contributed by atoms with Crippen LogP contribution >= 0.6 is 7.82 Å². The SMILES string of the molecule is CCCCC/C=C\CCCCCCCC(=O)O[C@H](COCCCCCCCCCCCCCCCCCCCC)COP(=O)(O)OCCN. The molecule has 0 saturated carbocycles. The number of allylic oxidation sites excluding steroid dienone is 2. The fourth-order valence-corrected chi connectivity index (χ4v) is 6.64. The second-order valence-corrected chi connectivity index (χ2v) is 15.3. The molecule has 0 aliphatic heterocycles. The van der Waals surface area contributed by atoms with Gasteiger partial charge in [0, 0.05) is 19.6 Å². The van der Waals surface area contributed by atoms with Gasteiger partial charge in [-0.15, -0.1) is 0 Å². The highest BCUT2D eigenvalue weighted by molar-refractivity contribution is 7.47. The van der Waals surface area contributed by atoms with Gasteiger partial charge in [0.25, 0.3) is 0 Å². The monoisotopic (exact) mass is 718 g/mol. The molecule has 0 rings (SSSR count). The van der Waals surface area contributed by atoms with Gasteiger partial charge in [0.05, 0.1) is 19.8 Å². The van der Waals surface area contributed by atoms with E-state index in [0.717, 1.165) is 44.9 Å². The number of phosphoric acid groups is 1. The highest BCUT2D eigenvalue weighted by Gasteiger charge is 2.25. The number of nitrogens with two attached hydrogens (primary N) is 1. The van der Waals surface area contributed by atoms with Gasteiger partial charge >= 0.3 is 13.8 Å². The van der Waals surface area contributed by atoms with Crippen molar-refractivity contribution in [2.45, 2.75) is 206 Å². The minimum Gasteiger partial charge on any atom is -0.457 e. The van der Waals surface area contributed by atoms with Crippen LogP contribution in [0.2, 0.25) is 0 Å². The van der Waals surface area contributed by atoms with Gasteiger partial charge in [-0.05, 0) is 38.5 Å². The Morgan fingerprint density at radius 1 is 0.592 bits per heavy atom. The van der Waals surface area contributed by atoms with Gasteiger partial charge in [0.2, 0.25) is 0 Å². The number of esters is 1. The second kappa shape index (κ2) is 38.5. The first-order chi connectivity index (χ1) is 23.9. The van der Waals surface area contributed by atoms with Gasteiger partial charge in [-0.25, -0.2) is 4.57 Å². The predicted octanol–water partition coefficient (Wildman–Crippen LogP) is 11.9.